The zero-order valence-corrected chi connectivity index (χ0v) is 9.90. The van der Waals surface area contributed by atoms with Crippen LogP contribution in [-0.2, 0) is 13.0 Å². The van der Waals surface area contributed by atoms with E-state index >= 15 is 0 Å². The number of fused-ring (bicyclic) bond motifs is 1. The van der Waals surface area contributed by atoms with Crippen molar-refractivity contribution in [3.05, 3.63) is 5.82 Å². The van der Waals surface area contributed by atoms with Crippen LogP contribution in [0.4, 0.5) is 5.13 Å². The fraction of sp³-hybridized carbons (Fsp3) is 0.750. The Hall–Kier alpha value is -0.160. The van der Waals surface area contributed by atoms with Crippen LogP contribution >= 0.6 is 11.5 Å². The van der Waals surface area contributed by atoms with Gasteiger partial charge in [-0.3, -0.25) is 0 Å². The van der Waals surface area contributed by atoms with Gasteiger partial charge < -0.3 is 22.7 Å². The number of aryl methyl sites for hydroxylation is 2. The fourth-order valence-electron chi connectivity index (χ4n) is 1.62. The highest BCUT2D eigenvalue weighted by Crippen LogP contribution is 2.12. The molecule has 0 fully saturated rings. The molecule has 0 unspecified atom stereocenters. The molecule has 13 heavy (non-hydrogen) atoms. The Morgan fingerprint density at radius 1 is 1.23 bits per heavy atom. The van der Waals surface area contributed by atoms with Crippen LogP contribution in [0.2, 0.25) is 0 Å². The highest BCUT2D eigenvalue weighted by atomic mass is 79.9. The van der Waals surface area contributed by atoms with Crippen LogP contribution in [-0.4, -0.2) is 4.98 Å². The van der Waals surface area contributed by atoms with Crippen molar-refractivity contribution in [2.24, 2.45) is 0 Å². The molecule has 2 heterocycles. The van der Waals surface area contributed by atoms with Crippen LogP contribution in [0, 0.1) is 0 Å². The van der Waals surface area contributed by atoms with Crippen LogP contribution in [0.3, 0.4) is 0 Å². The average molecular weight is 264 g/mol. The van der Waals surface area contributed by atoms with E-state index in [1.165, 1.54) is 31.5 Å². The van der Waals surface area contributed by atoms with Crippen LogP contribution in [0.1, 0.15) is 31.5 Å². The van der Waals surface area contributed by atoms with Crippen LogP contribution in [0.15, 0.2) is 0 Å². The molecule has 0 atom stereocenters. The van der Waals surface area contributed by atoms with Crippen molar-refractivity contribution in [1.82, 2.24) is 4.98 Å². The van der Waals surface area contributed by atoms with Crippen molar-refractivity contribution in [2.75, 3.05) is 5.73 Å². The Bertz CT molecular complexity index is 249. The highest BCUT2D eigenvalue weighted by Gasteiger charge is 2.19. The Balaban J connectivity index is 0.000000845. The van der Waals surface area contributed by atoms with E-state index in [-0.39, 0.29) is 17.0 Å². The van der Waals surface area contributed by atoms with Crippen molar-refractivity contribution in [1.29, 1.82) is 0 Å². The van der Waals surface area contributed by atoms with Gasteiger partial charge in [-0.05, 0) is 24.2 Å². The summed E-state index contributed by atoms with van der Waals surface area (Å²) in [4.78, 5) is 4.31. The monoisotopic (exact) mass is 263 g/mol. The van der Waals surface area contributed by atoms with Crippen molar-refractivity contribution >= 4 is 16.7 Å². The van der Waals surface area contributed by atoms with Crippen LogP contribution in [0.25, 0.3) is 0 Å². The maximum absolute atomic E-state index is 5.65. The zero-order valence-electron chi connectivity index (χ0n) is 7.50. The Kier molecular flexibility index (Phi) is 4.12. The van der Waals surface area contributed by atoms with Gasteiger partial charge in [0, 0.05) is 0 Å². The number of nitrogens with zero attached hydrogens (tertiary/aromatic N) is 2. The molecule has 74 valence electrons. The zero-order chi connectivity index (χ0) is 8.39. The van der Waals surface area contributed by atoms with Gasteiger partial charge in [-0.1, -0.05) is 6.42 Å². The molecule has 0 bridgehead atoms. The van der Waals surface area contributed by atoms with Gasteiger partial charge in [0.15, 0.2) is 0 Å². The molecule has 1 aromatic heterocycles. The first kappa shape index (κ1) is 10.9. The molecular weight excluding hydrogens is 250 g/mol. The number of nitrogen functional groups attached to an aromatic ring is 1. The fourth-order valence-corrected chi connectivity index (χ4v) is 2.45. The molecular formula is C8H14BrN3S. The molecule has 5 heteroatoms. The maximum Gasteiger partial charge on any atom is 0.331 e. The summed E-state index contributed by atoms with van der Waals surface area (Å²) in [6, 6.07) is 0. The third-order valence-corrected chi connectivity index (χ3v) is 3.13. The summed E-state index contributed by atoms with van der Waals surface area (Å²) in [7, 11) is 0. The van der Waals surface area contributed by atoms with Gasteiger partial charge in [0.1, 0.15) is 18.1 Å². The molecule has 0 aromatic carbocycles. The summed E-state index contributed by atoms with van der Waals surface area (Å²) in [6.45, 7) is 1.12. The van der Waals surface area contributed by atoms with E-state index in [4.69, 9.17) is 5.73 Å². The smallest absolute Gasteiger partial charge is 0.331 e. The lowest BCUT2D eigenvalue weighted by Gasteiger charge is -2.02. The molecule has 0 aliphatic carbocycles. The molecule has 3 nitrogen and oxygen atoms in total. The number of rotatable bonds is 0. The largest absolute Gasteiger partial charge is 1.00 e. The molecule has 2 rings (SSSR count). The van der Waals surface area contributed by atoms with Crippen molar-refractivity contribution in [2.45, 2.75) is 38.6 Å². The summed E-state index contributed by atoms with van der Waals surface area (Å²) < 4.78 is 2.24. The van der Waals surface area contributed by atoms with E-state index in [0.29, 0.717) is 5.13 Å². The highest BCUT2D eigenvalue weighted by molar-refractivity contribution is 7.05. The van der Waals surface area contributed by atoms with E-state index in [9.17, 15) is 0 Å². The predicted octanol–water partition coefficient (Wildman–Crippen LogP) is -1.87. The van der Waals surface area contributed by atoms with Crippen molar-refractivity contribution in [3.63, 3.8) is 0 Å². The number of hydrogen-bond acceptors (Lipinski definition) is 3. The first-order valence-electron chi connectivity index (χ1n) is 4.52. The minimum Gasteiger partial charge on any atom is -1.00 e. The molecule has 1 aliphatic rings. The van der Waals surface area contributed by atoms with E-state index < -0.39 is 0 Å². The maximum atomic E-state index is 5.65. The Morgan fingerprint density at radius 2 is 2.00 bits per heavy atom. The number of anilines is 1. The topological polar surface area (TPSA) is 42.8 Å². The summed E-state index contributed by atoms with van der Waals surface area (Å²) in [6.07, 6.45) is 6.35. The number of hydrogen-bond donors (Lipinski definition) is 1. The average Bonchev–Trinajstić information content (AvgIpc) is 2.32. The van der Waals surface area contributed by atoms with Gasteiger partial charge in [0.05, 0.1) is 6.42 Å². The van der Waals surface area contributed by atoms with E-state index in [2.05, 4.69) is 8.94 Å². The summed E-state index contributed by atoms with van der Waals surface area (Å²) in [5.74, 6) is 1.19. The van der Waals surface area contributed by atoms with Gasteiger partial charge in [-0.2, -0.15) is 3.96 Å². The molecule has 0 amide bonds. The molecule has 0 spiro atoms. The SMILES string of the molecule is Nc1nc2[n+](s1)CCCCCC2.[Br-]. The summed E-state index contributed by atoms with van der Waals surface area (Å²) in [5.41, 5.74) is 5.65. The van der Waals surface area contributed by atoms with Crippen molar-refractivity contribution in [3.8, 4) is 0 Å². The Labute approximate surface area is 92.9 Å². The predicted molar refractivity (Wildman–Crippen MR) is 48.9 cm³/mol. The van der Waals surface area contributed by atoms with Gasteiger partial charge >= 0.3 is 11.0 Å². The lowest BCUT2D eigenvalue weighted by atomic mass is 10.1. The molecule has 1 aromatic rings. The quantitative estimate of drug-likeness (QED) is 0.558. The second-order valence-electron chi connectivity index (χ2n) is 3.22. The van der Waals surface area contributed by atoms with Crippen LogP contribution in [0.5, 0.6) is 0 Å². The molecule has 1 aliphatic heterocycles. The number of nitrogens with two attached hydrogens (primary N) is 1. The standard InChI is InChI=1S/C8H13N3S.BrH/c9-8-10-7-5-3-1-2-4-6-11(7)12-8;/h9H,1-6H2;1H. The van der Waals surface area contributed by atoms with Gasteiger partial charge in [-0.25, -0.2) is 0 Å². The molecule has 0 radical (unpaired) electrons. The summed E-state index contributed by atoms with van der Waals surface area (Å²) >= 11 is 1.60. The number of halogens is 1. The summed E-state index contributed by atoms with van der Waals surface area (Å²) in [5, 5.41) is 0.715. The lowest BCUT2D eigenvalue weighted by Crippen LogP contribution is -3.00. The lowest BCUT2D eigenvalue weighted by molar-refractivity contribution is -0.640. The number of aromatic nitrogens is 2. The Morgan fingerprint density at radius 3 is 2.85 bits per heavy atom. The molecule has 2 N–H and O–H groups in total. The second kappa shape index (κ2) is 4.91. The van der Waals surface area contributed by atoms with Crippen molar-refractivity contribution < 1.29 is 20.9 Å². The minimum absolute atomic E-state index is 0. The van der Waals surface area contributed by atoms with Gasteiger partial charge in [-0.15, -0.1) is 0 Å². The first-order chi connectivity index (χ1) is 5.86. The molecule has 0 saturated heterocycles. The first-order valence-corrected chi connectivity index (χ1v) is 5.29. The normalized spacial score (nSPS) is 16.6. The van der Waals surface area contributed by atoms with E-state index in [1.54, 1.807) is 11.5 Å². The third-order valence-electron chi connectivity index (χ3n) is 2.24. The van der Waals surface area contributed by atoms with Gasteiger partial charge in [0.25, 0.3) is 0 Å². The van der Waals surface area contributed by atoms with E-state index in [0.717, 1.165) is 13.0 Å². The molecule has 0 saturated carbocycles. The van der Waals surface area contributed by atoms with E-state index in [1.807, 2.05) is 0 Å². The third kappa shape index (κ3) is 2.64. The van der Waals surface area contributed by atoms with Gasteiger partial charge in [0.2, 0.25) is 0 Å². The van der Waals surface area contributed by atoms with Crippen LogP contribution < -0.4 is 26.7 Å². The second-order valence-corrected chi connectivity index (χ2v) is 4.27. The minimum atomic E-state index is 0.